The summed E-state index contributed by atoms with van der Waals surface area (Å²) in [5, 5.41) is 0. The summed E-state index contributed by atoms with van der Waals surface area (Å²) >= 11 is 4.59. The highest BCUT2D eigenvalue weighted by Crippen LogP contribution is 2.36. The molecule has 0 aliphatic carbocycles. The summed E-state index contributed by atoms with van der Waals surface area (Å²) < 4.78 is 4.86. The molecule has 2 nitrogen and oxygen atoms in total. The zero-order valence-electron chi connectivity index (χ0n) is 5.13. The van der Waals surface area contributed by atoms with E-state index in [0.29, 0.717) is 6.61 Å². The van der Waals surface area contributed by atoms with Gasteiger partial charge in [-0.1, -0.05) is 6.92 Å². The van der Waals surface area contributed by atoms with Gasteiger partial charge in [0.15, 0.2) is 6.49 Å². The molecule has 1 atom stereocenters. The van der Waals surface area contributed by atoms with Gasteiger partial charge in [0.05, 0.1) is 6.61 Å². The molecule has 8 heavy (non-hydrogen) atoms. The predicted octanol–water partition coefficient (Wildman–Crippen LogP) is 1.34. The van der Waals surface area contributed by atoms with E-state index in [1.165, 1.54) is 0 Å². The van der Waals surface area contributed by atoms with Crippen molar-refractivity contribution < 1.29 is 9.42 Å². The molecule has 0 saturated carbocycles. The second kappa shape index (κ2) is 3.57. The van der Waals surface area contributed by atoms with Gasteiger partial charge < -0.3 is 9.42 Å². The second-order valence-corrected chi connectivity index (χ2v) is 5.53. The lowest BCUT2D eigenvalue weighted by atomic mass is 10.5. The van der Waals surface area contributed by atoms with Crippen LogP contribution in [0.3, 0.4) is 0 Å². The summed E-state index contributed by atoms with van der Waals surface area (Å²) in [5.41, 5.74) is 0. The highest BCUT2D eigenvalue weighted by molar-refractivity contribution is 8.09. The Balaban J connectivity index is 3.26. The smallest absolute Gasteiger partial charge is 0.183 e. The van der Waals surface area contributed by atoms with E-state index in [2.05, 4.69) is 11.8 Å². The maximum Gasteiger partial charge on any atom is 0.183 e. The van der Waals surface area contributed by atoms with Gasteiger partial charge in [0.1, 0.15) is 0 Å². The molecule has 1 N–H and O–H groups in total. The van der Waals surface area contributed by atoms with Crippen molar-refractivity contribution in [3.63, 3.8) is 0 Å². The second-order valence-electron chi connectivity index (χ2n) is 1.64. The van der Waals surface area contributed by atoms with Crippen LogP contribution >= 0.6 is 6.49 Å². The van der Waals surface area contributed by atoms with E-state index < -0.39 is 6.49 Å². The molecule has 0 amide bonds. The fourth-order valence-electron chi connectivity index (χ4n) is 0.261. The van der Waals surface area contributed by atoms with Crippen molar-refractivity contribution in [1.82, 2.24) is 0 Å². The van der Waals surface area contributed by atoms with Crippen LogP contribution < -0.4 is 0 Å². The van der Waals surface area contributed by atoms with Crippen molar-refractivity contribution in [2.45, 2.75) is 13.3 Å². The van der Waals surface area contributed by atoms with Gasteiger partial charge in [-0.3, -0.25) is 0 Å². The van der Waals surface area contributed by atoms with Gasteiger partial charge in [0.25, 0.3) is 0 Å². The number of hydrogen-bond donors (Lipinski definition) is 1. The predicted molar refractivity (Wildman–Crippen MR) is 38.7 cm³/mol. The fraction of sp³-hybridized carbons (Fsp3) is 1.00. The van der Waals surface area contributed by atoms with Crippen LogP contribution in [0.15, 0.2) is 0 Å². The van der Waals surface area contributed by atoms with Gasteiger partial charge in [0, 0.05) is 6.66 Å². The van der Waals surface area contributed by atoms with Crippen molar-refractivity contribution in [3.05, 3.63) is 0 Å². The summed E-state index contributed by atoms with van der Waals surface area (Å²) in [4.78, 5) is 8.85. The van der Waals surface area contributed by atoms with Crippen molar-refractivity contribution in [1.29, 1.82) is 0 Å². The van der Waals surface area contributed by atoms with E-state index in [9.17, 15) is 0 Å². The molecule has 4 heteroatoms. The molecule has 0 radical (unpaired) electrons. The summed E-state index contributed by atoms with van der Waals surface area (Å²) in [6.07, 6.45) is 0.910. The van der Waals surface area contributed by atoms with E-state index in [4.69, 9.17) is 9.42 Å². The van der Waals surface area contributed by atoms with Crippen molar-refractivity contribution in [2.75, 3.05) is 13.3 Å². The molecule has 0 saturated heterocycles. The minimum atomic E-state index is -2.35. The molecule has 0 aromatic heterocycles. The summed E-state index contributed by atoms with van der Waals surface area (Å²) in [5.74, 6) is 0. The first kappa shape index (κ1) is 8.57. The lowest BCUT2D eigenvalue weighted by molar-refractivity contribution is 0.311. The lowest BCUT2D eigenvalue weighted by Gasteiger charge is -2.07. The quantitative estimate of drug-likeness (QED) is 0.622. The summed E-state index contributed by atoms with van der Waals surface area (Å²) in [7, 11) is 0. The molecule has 0 bridgehead atoms. The maximum atomic E-state index is 8.85. The van der Waals surface area contributed by atoms with E-state index in [-0.39, 0.29) is 0 Å². The molecule has 0 spiro atoms. The van der Waals surface area contributed by atoms with Gasteiger partial charge in [0.2, 0.25) is 0 Å². The van der Waals surface area contributed by atoms with Gasteiger partial charge in [-0.15, -0.1) is 0 Å². The normalized spacial score (nSPS) is 17.9. The molecular weight excluding hydrogens is 143 g/mol. The third-order valence-corrected chi connectivity index (χ3v) is 1.51. The first-order chi connectivity index (χ1) is 3.56. The Labute approximate surface area is 55.0 Å². The monoisotopic (exact) mass is 154 g/mol. The van der Waals surface area contributed by atoms with Crippen LogP contribution in [0.2, 0.25) is 0 Å². The molecule has 0 aromatic carbocycles. The standard InChI is InChI=1S/C4H11O2PS/c1-3-4-6-7(2,5)8/h3-4H2,1-2H3,(H,5,8). The van der Waals surface area contributed by atoms with Crippen LogP contribution in [0, 0.1) is 0 Å². The van der Waals surface area contributed by atoms with Crippen molar-refractivity contribution >= 4 is 18.3 Å². The van der Waals surface area contributed by atoms with Crippen LogP contribution in [0.25, 0.3) is 0 Å². The minimum Gasteiger partial charge on any atom is -0.345 e. The van der Waals surface area contributed by atoms with Crippen LogP contribution in [0.4, 0.5) is 0 Å². The number of rotatable bonds is 3. The van der Waals surface area contributed by atoms with Crippen molar-refractivity contribution in [2.24, 2.45) is 0 Å². The SMILES string of the molecule is CCCOP(C)(O)=S. The topological polar surface area (TPSA) is 29.5 Å². The summed E-state index contributed by atoms with van der Waals surface area (Å²) in [6.45, 7) is 1.76. The minimum absolute atomic E-state index is 0.574. The van der Waals surface area contributed by atoms with Gasteiger partial charge in [-0.25, -0.2) is 0 Å². The molecule has 0 rings (SSSR count). The maximum absolute atomic E-state index is 8.85. The fourth-order valence-corrected chi connectivity index (χ4v) is 1.01. The Morgan fingerprint density at radius 2 is 2.25 bits per heavy atom. The molecular formula is C4H11O2PS. The number of hydrogen-bond acceptors (Lipinski definition) is 2. The third-order valence-electron chi connectivity index (χ3n) is 0.535. The van der Waals surface area contributed by atoms with Gasteiger partial charge in [-0.2, -0.15) is 0 Å². The molecule has 0 aromatic rings. The van der Waals surface area contributed by atoms with E-state index >= 15 is 0 Å². The highest BCUT2D eigenvalue weighted by Gasteiger charge is 2.00. The van der Waals surface area contributed by atoms with Crippen LogP contribution in [0.5, 0.6) is 0 Å². The molecule has 0 heterocycles. The molecule has 0 fully saturated rings. The summed E-state index contributed by atoms with van der Waals surface area (Å²) in [6, 6.07) is 0. The van der Waals surface area contributed by atoms with Crippen LogP contribution in [-0.4, -0.2) is 18.2 Å². The van der Waals surface area contributed by atoms with E-state index in [1.807, 2.05) is 6.92 Å². The zero-order chi connectivity index (χ0) is 6.62. The Kier molecular flexibility index (Phi) is 3.82. The average molecular weight is 154 g/mol. The third kappa shape index (κ3) is 6.57. The van der Waals surface area contributed by atoms with Crippen LogP contribution in [0.1, 0.15) is 13.3 Å². The van der Waals surface area contributed by atoms with Gasteiger partial charge >= 0.3 is 0 Å². The Morgan fingerprint density at radius 3 is 2.38 bits per heavy atom. The highest BCUT2D eigenvalue weighted by atomic mass is 32.5. The van der Waals surface area contributed by atoms with Crippen molar-refractivity contribution in [3.8, 4) is 0 Å². The molecule has 50 valence electrons. The lowest BCUT2D eigenvalue weighted by Crippen LogP contribution is -1.87. The Morgan fingerprint density at radius 1 is 1.75 bits per heavy atom. The first-order valence-electron chi connectivity index (χ1n) is 2.51. The van der Waals surface area contributed by atoms with E-state index in [1.54, 1.807) is 6.66 Å². The van der Waals surface area contributed by atoms with Gasteiger partial charge in [-0.05, 0) is 18.2 Å². The zero-order valence-corrected chi connectivity index (χ0v) is 6.84. The largest absolute Gasteiger partial charge is 0.345 e. The molecule has 1 unspecified atom stereocenters. The Bertz CT molecular complexity index is 98.2. The van der Waals surface area contributed by atoms with E-state index in [0.717, 1.165) is 6.42 Å². The molecule has 0 aliphatic heterocycles. The molecule has 0 aliphatic rings. The van der Waals surface area contributed by atoms with Crippen LogP contribution in [-0.2, 0) is 16.3 Å². The average Bonchev–Trinajstić information content (AvgIpc) is 1.59. The Hall–Kier alpha value is 0.570. The first-order valence-corrected chi connectivity index (χ1v) is 5.63.